The summed E-state index contributed by atoms with van der Waals surface area (Å²) in [6.45, 7) is 1.48. The minimum atomic E-state index is -3.65. The summed E-state index contributed by atoms with van der Waals surface area (Å²) in [6.07, 6.45) is 1.33. The van der Waals surface area contributed by atoms with Gasteiger partial charge in [0.25, 0.3) is 10.0 Å². The number of nitrogens with zero attached hydrogens (tertiary/aromatic N) is 1. The summed E-state index contributed by atoms with van der Waals surface area (Å²) in [5.41, 5.74) is 5.13. The summed E-state index contributed by atoms with van der Waals surface area (Å²) >= 11 is 0. The highest BCUT2D eigenvalue weighted by molar-refractivity contribution is 7.89. The Morgan fingerprint density at radius 3 is 2.86 bits per heavy atom. The number of aromatic amines is 1. The van der Waals surface area contributed by atoms with E-state index in [9.17, 15) is 8.42 Å². The van der Waals surface area contributed by atoms with Crippen molar-refractivity contribution in [2.24, 2.45) is 5.73 Å². The highest BCUT2D eigenvalue weighted by atomic mass is 32.2. The third-order valence-electron chi connectivity index (χ3n) is 1.56. The highest BCUT2D eigenvalue weighted by Crippen LogP contribution is 2.02. The van der Waals surface area contributed by atoms with E-state index in [4.69, 9.17) is 11.1 Å². The topological polar surface area (TPSA) is 125 Å². The van der Waals surface area contributed by atoms with E-state index in [2.05, 4.69) is 14.9 Å². The number of rotatable bonds is 4. The summed E-state index contributed by atoms with van der Waals surface area (Å²) in [7, 11) is -3.65. The highest BCUT2D eigenvalue weighted by Gasteiger charge is 2.19. The number of nitrogens with two attached hydrogens (primary N) is 1. The van der Waals surface area contributed by atoms with E-state index in [1.165, 1.54) is 19.2 Å². The van der Waals surface area contributed by atoms with Gasteiger partial charge in [-0.15, -0.1) is 0 Å². The van der Waals surface area contributed by atoms with Crippen LogP contribution in [0.3, 0.4) is 0 Å². The predicted octanol–water partition coefficient (Wildman–Crippen LogP) is -0.988. The molecule has 0 saturated carbocycles. The molecule has 0 radical (unpaired) electrons. The van der Waals surface area contributed by atoms with Crippen molar-refractivity contribution in [3.63, 3.8) is 0 Å². The zero-order valence-corrected chi connectivity index (χ0v) is 8.30. The van der Waals surface area contributed by atoms with Crippen molar-refractivity contribution < 1.29 is 8.42 Å². The number of amidine groups is 1. The molecule has 0 aliphatic carbocycles. The molecule has 8 heteroatoms. The molecule has 7 nitrogen and oxygen atoms in total. The van der Waals surface area contributed by atoms with Crippen molar-refractivity contribution in [1.82, 2.24) is 14.9 Å². The maximum absolute atomic E-state index is 11.5. The van der Waals surface area contributed by atoms with Crippen molar-refractivity contribution in [1.29, 1.82) is 5.41 Å². The fourth-order valence-electron chi connectivity index (χ4n) is 0.752. The maximum Gasteiger partial charge on any atom is 0.258 e. The second-order valence-electron chi connectivity index (χ2n) is 2.72. The van der Waals surface area contributed by atoms with Crippen LogP contribution < -0.4 is 10.5 Å². The first-order valence-electron chi connectivity index (χ1n) is 3.79. The molecule has 0 amide bonds. The molecule has 0 aromatic carbocycles. The molecule has 5 N–H and O–H groups in total. The van der Waals surface area contributed by atoms with Gasteiger partial charge in [0.1, 0.15) is 5.84 Å². The van der Waals surface area contributed by atoms with Gasteiger partial charge in [-0.05, 0) is 13.0 Å². The molecule has 0 bridgehead atoms. The van der Waals surface area contributed by atoms with Crippen molar-refractivity contribution in [2.75, 3.05) is 0 Å². The molecule has 0 fully saturated rings. The Morgan fingerprint density at radius 1 is 1.79 bits per heavy atom. The minimum Gasteiger partial charge on any atom is -0.386 e. The average molecular weight is 217 g/mol. The molecule has 1 aromatic rings. The smallest absolute Gasteiger partial charge is 0.258 e. The second-order valence-corrected chi connectivity index (χ2v) is 4.40. The normalized spacial score (nSPS) is 13.8. The lowest BCUT2D eigenvalue weighted by molar-refractivity contribution is 0.573. The largest absolute Gasteiger partial charge is 0.386 e. The quantitative estimate of drug-likeness (QED) is 0.382. The van der Waals surface area contributed by atoms with Crippen LogP contribution in [0.15, 0.2) is 17.3 Å². The monoisotopic (exact) mass is 217 g/mol. The molecule has 14 heavy (non-hydrogen) atoms. The lowest BCUT2D eigenvalue weighted by Crippen LogP contribution is -2.41. The van der Waals surface area contributed by atoms with Crippen molar-refractivity contribution in [3.05, 3.63) is 12.3 Å². The van der Waals surface area contributed by atoms with Crippen LogP contribution in [0, 0.1) is 5.41 Å². The van der Waals surface area contributed by atoms with E-state index < -0.39 is 16.1 Å². The van der Waals surface area contributed by atoms with Gasteiger partial charge >= 0.3 is 0 Å². The third kappa shape index (κ3) is 2.30. The molecule has 78 valence electrons. The van der Waals surface area contributed by atoms with Gasteiger partial charge in [-0.1, -0.05) is 0 Å². The van der Waals surface area contributed by atoms with Gasteiger partial charge in [0.15, 0.2) is 5.03 Å². The first-order valence-corrected chi connectivity index (χ1v) is 5.27. The Bertz CT molecular complexity index is 409. The zero-order chi connectivity index (χ0) is 10.8. The summed E-state index contributed by atoms with van der Waals surface area (Å²) in [5, 5.41) is 12.8. The van der Waals surface area contributed by atoms with Crippen molar-refractivity contribution >= 4 is 15.9 Å². The molecule has 0 spiro atoms. The Hall–Kier alpha value is -1.41. The van der Waals surface area contributed by atoms with E-state index in [1.54, 1.807) is 0 Å². The Kier molecular flexibility index (Phi) is 2.87. The number of aromatic nitrogens is 2. The lowest BCUT2D eigenvalue weighted by Gasteiger charge is -2.10. The average Bonchev–Trinajstić information content (AvgIpc) is 2.54. The molecular formula is C6H11N5O2S. The van der Waals surface area contributed by atoms with Crippen LogP contribution in [-0.4, -0.2) is 30.5 Å². The summed E-state index contributed by atoms with van der Waals surface area (Å²) < 4.78 is 25.2. The van der Waals surface area contributed by atoms with Gasteiger partial charge in [-0.2, -0.15) is 9.82 Å². The van der Waals surface area contributed by atoms with Gasteiger partial charge in [-0.3, -0.25) is 10.5 Å². The predicted molar refractivity (Wildman–Crippen MR) is 50.3 cm³/mol. The maximum atomic E-state index is 11.5. The standard InChI is InChI=1S/C6H11N5O2S/c1-4(6(7)8)11-14(12,13)5-2-3-9-10-5/h2-4,11H,1H3,(H3,7,8)(H,9,10). The molecule has 0 saturated heterocycles. The Labute approximate surface area is 81.3 Å². The number of nitrogens with one attached hydrogen (secondary N) is 3. The summed E-state index contributed by atoms with van der Waals surface area (Å²) in [5.74, 6) is -0.243. The minimum absolute atomic E-state index is 0.0504. The van der Waals surface area contributed by atoms with E-state index in [0.717, 1.165) is 0 Å². The van der Waals surface area contributed by atoms with Crippen molar-refractivity contribution in [2.45, 2.75) is 18.0 Å². The fraction of sp³-hybridized carbons (Fsp3) is 0.333. The first-order chi connectivity index (χ1) is 6.43. The number of H-pyrrole nitrogens is 1. The van der Waals surface area contributed by atoms with Crippen LogP contribution in [0.5, 0.6) is 0 Å². The van der Waals surface area contributed by atoms with Gasteiger partial charge in [0.2, 0.25) is 0 Å². The zero-order valence-electron chi connectivity index (χ0n) is 7.48. The van der Waals surface area contributed by atoms with Gasteiger partial charge < -0.3 is 5.73 Å². The van der Waals surface area contributed by atoms with E-state index in [1.807, 2.05) is 0 Å². The molecule has 1 atom stereocenters. The van der Waals surface area contributed by atoms with Crippen LogP contribution in [0.1, 0.15) is 6.92 Å². The fourth-order valence-corrected chi connectivity index (χ4v) is 1.88. The third-order valence-corrected chi connectivity index (χ3v) is 3.03. The molecule has 1 aromatic heterocycles. The molecule has 0 aliphatic heterocycles. The van der Waals surface area contributed by atoms with Crippen LogP contribution in [-0.2, 0) is 10.0 Å². The lowest BCUT2D eigenvalue weighted by atomic mass is 10.3. The molecule has 1 rings (SSSR count). The van der Waals surface area contributed by atoms with E-state index in [0.29, 0.717) is 0 Å². The van der Waals surface area contributed by atoms with Crippen LogP contribution >= 0.6 is 0 Å². The Balaban J connectivity index is 2.84. The second kappa shape index (κ2) is 3.76. The van der Waals surface area contributed by atoms with Gasteiger partial charge in [0.05, 0.1) is 12.2 Å². The molecule has 1 heterocycles. The SMILES string of the molecule is CC(NS(=O)(=O)c1ccn[nH]1)C(=N)N. The molecule has 0 aliphatic rings. The summed E-state index contributed by atoms with van der Waals surface area (Å²) in [4.78, 5) is 0. The van der Waals surface area contributed by atoms with Gasteiger partial charge in [-0.25, -0.2) is 8.42 Å². The van der Waals surface area contributed by atoms with E-state index >= 15 is 0 Å². The van der Waals surface area contributed by atoms with Gasteiger partial charge in [0, 0.05) is 0 Å². The number of hydrogen-bond acceptors (Lipinski definition) is 4. The molecular weight excluding hydrogens is 206 g/mol. The van der Waals surface area contributed by atoms with Crippen LogP contribution in [0.4, 0.5) is 0 Å². The first kappa shape index (κ1) is 10.7. The van der Waals surface area contributed by atoms with Crippen LogP contribution in [0.2, 0.25) is 0 Å². The summed E-state index contributed by atoms with van der Waals surface area (Å²) in [6, 6.07) is 0.582. The van der Waals surface area contributed by atoms with E-state index in [-0.39, 0.29) is 10.9 Å². The van der Waals surface area contributed by atoms with Crippen LogP contribution in [0.25, 0.3) is 0 Å². The van der Waals surface area contributed by atoms with Crippen molar-refractivity contribution in [3.8, 4) is 0 Å². The Morgan fingerprint density at radius 2 is 2.43 bits per heavy atom. The number of sulfonamides is 1. The number of hydrogen-bond donors (Lipinski definition) is 4. The molecule has 1 unspecified atom stereocenters.